The summed E-state index contributed by atoms with van der Waals surface area (Å²) in [6.45, 7) is 3.60. The molecular formula is C26H29N9O3S. The Bertz CT molecular complexity index is 1710. The van der Waals surface area contributed by atoms with Crippen molar-refractivity contribution < 1.29 is 8.42 Å². The van der Waals surface area contributed by atoms with E-state index < -0.39 is 9.84 Å². The van der Waals surface area contributed by atoms with Gasteiger partial charge in [0.1, 0.15) is 22.6 Å². The molecule has 6 rings (SSSR count). The molecule has 0 spiro atoms. The van der Waals surface area contributed by atoms with Crippen LogP contribution in [0.4, 0.5) is 5.82 Å². The number of rotatable bonds is 8. The third-order valence-electron chi connectivity index (χ3n) is 7.41. The number of hydrogen-bond donors (Lipinski definition) is 1. The Morgan fingerprint density at radius 2 is 1.72 bits per heavy atom. The van der Waals surface area contributed by atoms with E-state index in [1.807, 2.05) is 6.92 Å². The first-order valence-electron chi connectivity index (χ1n) is 13.2. The van der Waals surface area contributed by atoms with E-state index >= 15 is 0 Å². The van der Waals surface area contributed by atoms with Crippen molar-refractivity contribution >= 4 is 26.8 Å². The molecule has 0 aliphatic heterocycles. The Hall–Kier alpha value is -3.87. The number of hydrogen-bond acceptors (Lipinski definition) is 11. The zero-order valence-electron chi connectivity index (χ0n) is 21.8. The fourth-order valence-corrected chi connectivity index (χ4v) is 5.86. The van der Waals surface area contributed by atoms with Crippen molar-refractivity contribution in [1.29, 1.82) is 0 Å². The summed E-state index contributed by atoms with van der Waals surface area (Å²) in [6, 6.07) is 0.0112. The molecule has 0 atom stereocenters. The van der Waals surface area contributed by atoms with Crippen LogP contribution in [-0.2, 0) is 16.4 Å². The minimum Gasteiger partial charge on any atom is -0.358 e. The molecule has 0 bridgehead atoms. The molecule has 12 nitrogen and oxygen atoms in total. The molecule has 0 unspecified atom stereocenters. The zero-order valence-corrected chi connectivity index (χ0v) is 22.6. The van der Waals surface area contributed by atoms with Crippen LogP contribution in [-0.4, -0.2) is 53.6 Å². The second kappa shape index (κ2) is 10.0. The molecule has 2 saturated carbocycles. The second-order valence-electron chi connectivity index (χ2n) is 10.1. The van der Waals surface area contributed by atoms with Crippen molar-refractivity contribution in [2.45, 2.75) is 75.8 Å². The molecule has 39 heavy (non-hydrogen) atoms. The van der Waals surface area contributed by atoms with Crippen LogP contribution in [0, 0.1) is 6.92 Å². The average molecular weight is 548 g/mol. The van der Waals surface area contributed by atoms with Gasteiger partial charge in [-0.25, -0.2) is 43.3 Å². The van der Waals surface area contributed by atoms with E-state index in [1.54, 1.807) is 24.0 Å². The Labute approximate surface area is 225 Å². The number of anilines is 1. The van der Waals surface area contributed by atoms with E-state index in [-0.39, 0.29) is 34.6 Å². The minimum absolute atomic E-state index is 0.0112. The highest BCUT2D eigenvalue weighted by Gasteiger charge is 2.31. The van der Waals surface area contributed by atoms with Crippen LogP contribution in [0.15, 0.2) is 34.6 Å². The fraction of sp³-hybridized carbons (Fsp3) is 0.462. The summed E-state index contributed by atoms with van der Waals surface area (Å²) in [5.41, 5.74) is 3.33. The van der Waals surface area contributed by atoms with Gasteiger partial charge in [-0.05, 0) is 32.6 Å². The highest BCUT2D eigenvalue weighted by molar-refractivity contribution is 7.91. The summed E-state index contributed by atoms with van der Waals surface area (Å²) in [5.74, 6) is 1.36. The Morgan fingerprint density at radius 3 is 2.41 bits per heavy atom. The van der Waals surface area contributed by atoms with Crippen LogP contribution in [0.3, 0.4) is 0 Å². The summed E-state index contributed by atoms with van der Waals surface area (Å²) in [7, 11) is -3.39. The van der Waals surface area contributed by atoms with Gasteiger partial charge in [-0.3, -0.25) is 9.36 Å². The second-order valence-corrected chi connectivity index (χ2v) is 12.3. The van der Waals surface area contributed by atoms with Crippen LogP contribution in [0.2, 0.25) is 0 Å². The minimum atomic E-state index is -3.39. The summed E-state index contributed by atoms with van der Waals surface area (Å²) in [5, 5.41) is 3.05. The van der Waals surface area contributed by atoms with Crippen molar-refractivity contribution in [1.82, 2.24) is 39.5 Å². The number of fused-ring (bicyclic) bond motifs is 1. The lowest BCUT2D eigenvalue weighted by atomic mass is 10.1. The van der Waals surface area contributed by atoms with Gasteiger partial charge in [0.25, 0.3) is 5.56 Å². The van der Waals surface area contributed by atoms with E-state index in [0.717, 1.165) is 55.5 Å². The number of sulfone groups is 1. The molecule has 4 aromatic heterocycles. The number of aromatic nitrogens is 8. The topological polar surface area (TPSA) is 158 Å². The van der Waals surface area contributed by atoms with E-state index in [0.29, 0.717) is 28.7 Å². The van der Waals surface area contributed by atoms with Crippen molar-refractivity contribution in [2.24, 2.45) is 0 Å². The van der Waals surface area contributed by atoms with Crippen LogP contribution >= 0.6 is 0 Å². The van der Waals surface area contributed by atoms with Crippen LogP contribution in [0.25, 0.3) is 22.6 Å². The van der Waals surface area contributed by atoms with Crippen LogP contribution < -0.4 is 10.9 Å². The highest BCUT2D eigenvalue weighted by Crippen LogP contribution is 2.43. The molecule has 4 aromatic rings. The van der Waals surface area contributed by atoms with Crippen molar-refractivity contribution in [3.05, 3.63) is 52.5 Å². The summed E-state index contributed by atoms with van der Waals surface area (Å²) in [6.07, 6.45) is 11.8. The Balaban J connectivity index is 1.38. The van der Waals surface area contributed by atoms with E-state index in [2.05, 4.69) is 35.2 Å². The van der Waals surface area contributed by atoms with Gasteiger partial charge in [0.2, 0.25) is 0 Å². The SMILES string of the molecule is CCS(=O)(=O)c1cnc(CNc2nc3cnc(-c4c(C)ncnc4C4CC4)nc3n(C3CCCC3)c2=O)nc1. The zero-order chi connectivity index (χ0) is 27.1. The predicted octanol–water partition coefficient (Wildman–Crippen LogP) is 3.14. The Kier molecular flexibility index (Phi) is 6.53. The summed E-state index contributed by atoms with van der Waals surface area (Å²) in [4.78, 5) is 45.1. The van der Waals surface area contributed by atoms with Crippen LogP contribution in [0.5, 0.6) is 0 Å². The maximum Gasteiger partial charge on any atom is 0.295 e. The highest BCUT2D eigenvalue weighted by atomic mass is 32.2. The molecule has 0 amide bonds. The van der Waals surface area contributed by atoms with Crippen molar-refractivity contribution in [3.63, 3.8) is 0 Å². The maximum atomic E-state index is 13.7. The van der Waals surface area contributed by atoms with Crippen molar-refractivity contribution in [2.75, 3.05) is 11.1 Å². The molecule has 0 aromatic carbocycles. The van der Waals surface area contributed by atoms with E-state index in [4.69, 9.17) is 4.98 Å². The molecule has 2 fully saturated rings. The van der Waals surface area contributed by atoms with Crippen LogP contribution in [0.1, 0.15) is 74.6 Å². The van der Waals surface area contributed by atoms with Gasteiger partial charge in [0.05, 0.1) is 35.4 Å². The summed E-state index contributed by atoms with van der Waals surface area (Å²) < 4.78 is 25.8. The largest absolute Gasteiger partial charge is 0.358 e. The molecular weight excluding hydrogens is 518 g/mol. The first-order valence-corrected chi connectivity index (χ1v) is 14.9. The van der Waals surface area contributed by atoms with Gasteiger partial charge in [-0.2, -0.15) is 0 Å². The first-order chi connectivity index (χ1) is 18.9. The molecule has 202 valence electrons. The molecule has 13 heteroatoms. The Morgan fingerprint density at radius 1 is 0.974 bits per heavy atom. The van der Waals surface area contributed by atoms with Gasteiger partial charge < -0.3 is 5.32 Å². The molecule has 1 N–H and O–H groups in total. The lowest BCUT2D eigenvalue weighted by molar-refractivity contribution is 0.514. The standard InChI is InChI=1S/C26H29N9O3S/c1-3-39(37,38)18-10-27-20(28-11-18)13-30-24-26(36)35(17-6-4-5-7-17)25-19(33-24)12-29-23(34-25)21-15(2)31-14-32-22(21)16-8-9-16/h10-12,14,16-17H,3-9,13H2,1-2H3,(H,30,33). The van der Waals surface area contributed by atoms with Gasteiger partial charge >= 0.3 is 0 Å². The molecule has 2 aliphatic carbocycles. The van der Waals surface area contributed by atoms with Gasteiger partial charge in [0.15, 0.2) is 27.1 Å². The molecule has 0 saturated heterocycles. The average Bonchev–Trinajstić information content (AvgIpc) is 3.66. The normalized spacial score (nSPS) is 16.2. The van der Waals surface area contributed by atoms with Gasteiger partial charge in [-0.1, -0.05) is 19.8 Å². The van der Waals surface area contributed by atoms with Gasteiger partial charge in [0, 0.05) is 24.4 Å². The number of aryl methyl sites for hydroxylation is 1. The van der Waals surface area contributed by atoms with E-state index in [9.17, 15) is 13.2 Å². The van der Waals surface area contributed by atoms with Crippen molar-refractivity contribution in [3.8, 4) is 11.4 Å². The third-order valence-corrected chi connectivity index (χ3v) is 9.10. The third kappa shape index (κ3) is 4.86. The molecule has 4 heterocycles. The summed E-state index contributed by atoms with van der Waals surface area (Å²) >= 11 is 0. The number of nitrogens with one attached hydrogen (secondary N) is 1. The maximum absolute atomic E-state index is 13.7. The fourth-order valence-electron chi connectivity index (χ4n) is 5.10. The lowest BCUT2D eigenvalue weighted by Crippen LogP contribution is -2.29. The quantitative estimate of drug-likeness (QED) is 0.345. The first kappa shape index (κ1) is 25.4. The lowest BCUT2D eigenvalue weighted by Gasteiger charge is -2.18. The predicted molar refractivity (Wildman–Crippen MR) is 144 cm³/mol. The van der Waals surface area contributed by atoms with E-state index in [1.165, 1.54) is 12.4 Å². The molecule has 2 aliphatic rings. The molecule has 0 radical (unpaired) electrons. The monoisotopic (exact) mass is 547 g/mol. The smallest absolute Gasteiger partial charge is 0.295 e. The van der Waals surface area contributed by atoms with Gasteiger partial charge in [-0.15, -0.1) is 0 Å². The number of nitrogens with zero attached hydrogens (tertiary/aromatic N) is 8.